The van der Waals surface area contributed by atoms with Crippen molar-refractivity contribution >= 4 is 5.65 Å². The largest absolute Gasteiger partial charge is 0.351 e. The minimum Gasteiger partial charge on any atom is -0.282 e. The van der Waals surface area contributed by atoms with Crippen LogP contribution in [0, 0.1) is 0 Å². The van der Waals surface area contributed by atoms with Gasteiger partial charge in [0.05, 0.1) is 5.69 Å². The van der Waals surface area contributed by atoms with Crippen LogP contribution in [-0.4, -0.2) is 19.2 Å². The zero-order chi connectivity index (χ0) is 15.7. The molecule has 1 aliphatic rings. The number of aromatic nitrogens is 4. The standard InChI is InChI=1S/C17H24N4O/c1-17(2,3)14-11-15-18-12-20(16(22)21(15)19-14)10-9-13-7-5-4-6-8-13/h7,11-12H,4-6,8-10H2,1-3H3. The summed E-state index contributed by atoms with van der Waals surface area (Å²) in [6.07, 6.45) is 9.81. The smallest absolute Gasteiger partial charge is 0.282 e. The van der Waals surface area contributed by atoms with Crippen molar-refractivity contribution in [2.75, 3.05) is 0 Å². The minimum atomic E-state index is -0.100. The van der Waals surface area contributed by atoms with Crippen LogP contribution in [0.3, 0.4) is 0 Å². The van der Waals surface area contributed by atoms with Gasteiger partial charge in [0.2, 0.25) is 0 Å². The topological polar surface area (TPSA) is 52.2 Å². The van der Waals surface area contributed by atoms with Crippen LogP contribution >= 0.6 is 0 Å². The summed E-state index contributed by atoms with van der Waals surface area (Å²) < 4.78 is 3.09. The Kier molecular flexibility index (Phi) is 3.89. The summed E-state index contributed by atoms with van der Waals surface area (Å²) in [6.45, 7) is 6.94. The lowest BCUT2D eigenvalue weighted by Crippen LogP contribution is -2.28. The first kappa shape index (κ1) is 15.0. The van der Waals surface area contributed by atoms with Gasteiger partial charge in [0.25, 0.3) is 0 Å². The zero-order valence-corrected chi connectivity index (χ0v) is 13.7. The lowest BCUT2D eigenvalue weighted by molar-refractivity contribution is 0.549. The summed E-state index contributed by atoms with van der Waals surface area (Å²) in [6, 6.07) is 1.90. The molecule has 0 spiro atoms. The first-order chi connectivity index (χ1) is 10.4. The van der Waals surface area contributed by atoms with Gasteiger partial charge in [-0.25, -0.2) is 9.78 Å². The van der Waals surface area contributed by atoms with E-state index in [1.165, 1.54) is 35.8 Å². The lowest BCUT2D eigenvalue weighted by atomic mass is 9.93. The van der Waals surface area contributed by atoms with Gasteiger partial charge in [-0.1, -0.05) is 32.4 Å². The van der Waals surface area contributed by atoms with Gasteiger partial charge in [-0.15, -0.1) is 0 Å². The van der Waals surface area contributed by atoms with Crippen LogP contribution in [-0.2, 0) is 12.0 Å². The molecule has 0 saturated heterocycles. The molecule has 118 valence electrons. The Hall–Kier alpha value is -1.91. The van der Waals surface area contributed by atoms with E-state index in [0.717, 1.165) is 12.1 Å². The molecule has 0 aliphatic heterocycles. The second-order valence-corrected chi connectivity index (χ2v) is 7.13. The second-order valence-electron chi connectivity index (χ2n) is 7.13. The Labute approximate surface area is 130 Å². The normalized spacial score (nSPS) is 16.0. The van der Waals surface area contributed by atoms with E-state index in [1.807, 2.05) is 6.07 Å². The first-order valence-corrected chi connectivity index (χ1v) is 8.09. The highest BCUT2D eigenvalue weighted by molar-refractivity contribution is 5.39. The highest BCUT2D eigenvalue weighted by Crippen LogP contribution is 2.21. The summed E-state index contributed by atoms with van der Waals surface area (Å²) in [4.78, 5) is 16.9. The Balaban J connectivity index is 1.86. The van der Waals surface area contributed by atoms with Gasteiger partial charge >= 0.3 is 5.69 Å². The van der Waals surface area contributed by atoms with Crippen LogP contribution in [0.15, 0.2) is 28.8 Å². The van der Waals surface area contributed by atoms with Crippen molar-refractivity contribution in [3.63, 3.8) is 0 Å². The third-order valence-corrected chi connectivity index (χ3v) is 4.27. The van der Waals surface area contributed by atoms with E-state index < -0.39 is 0 Å². The predicted octanol–water partition coefficient (Wildman–Crippen LogP) is 3.08. The highest BCUT2D eigenvalue weighted by atomic mass is 16.2. The summed E-state index contributed by atoms with van der Waals surface area (Å²) in [7, 11) is 0. The van der Waals surface area contributed by atoms with Gasteiger partial charge in [0.1, 0.15) is 6.33 Å². The number of hydrogen-bond donors (Lipinski definition) is 0. The molecule has 0 radical (unpaired) electrons. The fourth-order valence-electron chi connectivity index (χ4n) is 2.82. The monoisotopic (exact) mass is 300 g/mol. The van der Waals surface area contributed by atoms with E-state index in [2.05, 4.69) is 36.9 Å². The van der Waals surface area contributed by atoms with Gasteiger partial charge < -0.3 is 0 Å². The third-order valence-electron chi connectivity index (χ3n) is 4.27. The minimum absolute atomic E-state index is 0.0854. The van der Waals surface area contributed by atoms with Crippen LogP contribution in [0.2, 0.25) is 0 Å². The Morgan fingerprint density at radius 3 is 2.77 bits per heavy atom. The fraction of sp³-hybridized carbons (Fsp3) is 0.588. The molecule has 0 unspecified atom stereocenters. The molecule has 0 saturated carbocycles. The van der Waals surface area contributed by atoms with Crippen molar-refractivity contribution in [3.05, 3.63) is 40.2 Å². The SMILES string of the molecule is CC(C)(C)c1cc2ncn(CCC3=CCCCC3)c(=O)n2n1. The molecule has 0 fully saturated rings. The molecule has 3 rings (SSSR count). The van der Waals surface area contributed by atoms with E-state index in [4.69, 9.17) is 0 Å². The van der Waals surface area contributed by atoms with E-state index in [9.17, 15) is 4.79 Å². The molecule has 5 nitrogen and oxygen atoms in total. The fourth-order valence-corrected chi connectivity index (χ4v) is 2.82. The predicted molar refractivity (Wildman–Crippen MR) is 87.1 cm³/mol. The number of fused-ring (bicyclic) bond motifs is 1. The number of nitrogens with zero attached hydrogens (tertiary/aromatic N) is 4. The van der Waals surface area contributed by atoms with Crippen LogP contribution in [0.5, 0.6) is 0 Å². The maximum atomic E-state index is 12.5. The van der Waals surface area contributed by atoms with Crippen LogP contribution in [0.25, 0.3) is 5.65 Å². The van der Waals surface area contributed by atoms with Crippen molar-refractivity contribution in [2.24, 2.45) is 0 Å². The van der Waals surface area contributed by atoms with Crippen molar-refractivity contribution in [2.45, 2.75) is 64.8 Å². The molecule has 2 heterocycles. The van der Waals surface area contributed by atoms with E-state index in [0.29, 0.717) is 12.2 Å². The van der Waals surface area contributed by atoms with Crippen LogP contribution in [0.4, 0.5) is 0 Å². The summed E-state index contributed by atoms with van der Waals surface area (Å²) in [5.41, 5.74) is 2.80. The van der Waals surface area contributed by atoms with Crippen molar-refractivity contribution in [1.82, 2.24) is 19.2 Å². The molecule has 2 aromatic rings. The lowest BCUT2D eigenvalue weighted by Gasteiger charge is -2.13. The molecule has 22 heavy (non-hydrogen) atoms. The van der Waals surface area contributed by atoms with E-state index in [1.54, 1.807) is 10.9 Å². The summed E-state index contributed by atoms with van der Waals surface area (Å²) in [5.74, 6) is 0. The first-order valence-electron chi connectivity index (χ1n) is 8.09. The highest BCUT2D eigenvalue weighted by Gasteiger charge is 2.19. The second kappa shape index (κ2) is 5.71. The Morgan fingerprint density at radius 2 is 2.09 bits per heavy atom. The molecule has 0 amide bonds. The average molecular weight is 300 g/mol. The Bertz CT molecular complexity index is 761. The van der Waals surface area contributed by atoms with Gasteiger partial charge in [0.15, 0.2) is 5.65 Å². The van der Waals surface area contributed by atoms with Crippen molar-refractivity contribution in [3.8, 4) is 0 Å². The van der Waals surface area contributed by atoms with Crippen molar-refractivity contribution in [1.29, 1.82) is 0 Å². The number of allylic oxidation sites excluding steroid dienone is 2. The molecule has 0 atom stereocenters. The molecule has 0 N–H and O–H groups in total. The van der Waals surface area contributed by atoms with E-state index >= 15 is 0 Å². The number of rotatable bonds is 3. The summed E-state index contributed by atoms with van der Waals surface area (Å²) >= 11 is 0. The molecular weight excluding hydrogens is 276 g/mol. The summed E-state index contributed by atoms with van der Waals surface area (Å²) in [5, 5.41) is 4.45. The van der Waals surface area contributed by atoms with Crippen LogP contribution < -0.4 is 5.69 Å². The zero-order valence-electron chi connectivity index (χ0n) is 13.7. The molecule has 0 aromatic carbocycles. The third kappa shape index (κ3) is 2.98. The molecule has 5 heteroatoms. The molecular formula is C17H24N4O. The number of aryl methyl sites for hydroxylation is 1. The Morgan fingerprint density at radius 1 is 1.27 bits per heavy atom. The molecule has 0 bridgehead atoms. The maximum absolute atomic E-state index is 12.5. The molecule has 2 aromatic heterocycles. The maximum Gasteiger partial charge on any atom is 0.351 e. The number of hydrogen-bond acceptors (Lipinski definition) is 3. The van der Waals surface area contributed by atoms with Crippen molar-refractivity contribution < 1.29 is 0 Å². The quantitative estimate of drug-likeness (QED) is 0.819. The van der Waals surface area contributed by atoms with Gasteiger partial charge in [0, 0.05) is 18.0 Å². The van der Waals surface area contributed by atoms with Gasteiger partial charge in [-0.05, 0) is 32.1 Å². The van der Waals surface area contributed by atoms with Gasteiger partial charge in [-0.2, -0.15) is 9.61 Å². The molecule has 1 aliphatic carbocycles. The van der Waals surface area contributed by atoms with E-state index in [-0.39, 0.29) is 11.1 Å². The van der Waals surface area contributed by atoms with Crippen LogP contribution in [0.1, 0.15) is 58.6 Å². The van der Waals surface area contributed by atoms with Gasteiger partial charge in [-0.3, -0.25) is 4.57 Å². The average Bonchev–Trinajstić information content (AvgIpc) is 2.93.